The Morgan fingerprint density at radius 3 is 2.31 bits per heavy atom. The van der Waals surface area contributed by atoms with Gasteiger partial charge in [-0.15, -0.1) is 0 Å². The van der Waals surface area contributed by atoms with Crippen LogP contribution in [0.1, 0.15) is 33.4 Å². The monoisotopic (exact) mass is 218 g/mol. The summed E-state index contributed by atoms with van der Waals surface area (Å²) in [6.07, 6.45) is 3.14. The van der Waals surface area contributed by atoms with Crippen molar-refractivity contribution in [1.82, 2.24) is 9.97 Å². The minimum atomic E-state index is 0.171. The van der Waals surface area contributed by atoms with Gasteiger partial charge in [-0.05, 0) is 12.3 Å². The van der Waals surface area contributed by atoms with Gasteiger partial charge >= 0.3 is 0 Å². The highest BCUT2D eigenvalue weighted by atomic mass is 15.2. The van der Waals surface area contributed by atoms with Crippen LogP contribution in [0.2, 0.25) is 0 Å². The van der Waals surface area contributed by atoms with E-state index in [9.17, 15) is 0 Å². The first-order valence-electron chi connectivity index (χ1n) is 5.31. The summed E-state index contributed by atoms with van der Waals surface area (Å²) in [5, 5.41) is 8.64. The van der Waals surface area contributed by atoms with Crippen LogP contribution >= 0.6 is 0 Å². The van der Waals surface area contributed by atoms with Gasteiger partial charge in [-0.1, -0.05) is 20.8 Å². The van der Waals surface area contributed by atoms with Gasteiger partial charge in [0.15, 0.2) is 5.69 Å². The summed E-state index contributed by atoms with van der Waals surface area (Å²) < 4.78 is 0. The number of nitriles is 1. The van der Waals surface area contributed by atoms with E-state index in [1.54, 1.807) is 6.20 Å². The average molecular weight is 218 g/mol. The molecule has 0 amide bonds. The molecule has 86 valence electrons. The number of anilines is 1. The van der Waals surface area contributed by atoms with Crippen molar-refractivity contribution in [3.05, 3.63) is 18.1 Å². The molecule has 4 heteroatoms. The van der Waals surface area contributed by atoms with E-state index in [0.717, 1.165) is 5.82 Å². The SMILES string of the molecule is CC(N(C)c1cnc(C#N)cn1)C(C)(C)C. The average Bonchev–Trinajstić information content (AvgIpc) is 2.26. The van der Waals surface area contributed by atoms with Gasteiger partial charge in [-0.2, -0.15) is 5.26 Å². The molecular weight excluding hydrogens is 200 g/mol. The fourth-order valence-corrected chi connectivity index (χ4v) is 1.34. The molecule has 0 aromatic carbocycles. The second-order valence-corrected chi connectivity index (χ2v) is 5.02. The van der Waals surface area contributed by atoms with Crippen molar-refractivity contribution in [2.24, 2.45) is 5.41 Å². The number of nitrogens with zero attached hydrogens (tertiary/aromatic N) is 4. The maximum absolute atomic E-state index is 8.64. The second-order valence-electron chi connectivity index (χ2n) is 5.02. The molecule has 0 N–H and O–H groups in total. The van der Waals surface area contributed by atoms with Crippen LogP contribution in [0.4, 0.5) is 5.82 Å². The highest BCUT2D eigenvalue weighted by Gasteiger charge is 2.24. The summed E-state index contributed by atoms with van der Waals surface area (Å²) in [5.41, 5.74) is 0.519. The molecule has 0 aliphatic rings. The molecule has 1 atom stereocenters. The maximum Gasteiger partial charge on any atom is 0.158 e. The zero-order valence-electron chi connectivity index (χ0n) is 10.5. The third-order valence-electron chi connectivity index (χ3n) is 2.95. The molecule has 0 saturated heterocycles. The van der Waals surface area contributed by atoms with E-state index in [0.29, 0.717) is 11.7 Å². The van der Waals surface area contributed by atoms with E-state index in [2.05, 4.69) is 42.6 Å². The van der Waals surface area contributed by atoms with E-state index in [4.69, 9.17) is 5.26 Å². The molecule has 0 fully saturated rings. The molecule has 0 aliphatic heterocycles. The van der Waals surface area contributed by atoms with Gasteiger partial charge in [0.25, 0.3) is 0 Å². The van der Waals surface area contributed by atoms with Crippen molar-refractivity contribution in [2.75, 3.05) is 11.9 Å². The first kappa shape index (κ1) is 12.4. The zero-order chi connectivity index (χ0) is 12.3. The Labute approximate surface area is 96.9 Å². The van der Waals surface area contributed by atoms with E-state index in [-0.39, 0.29) is 5.41 Å². The molecule has 4 nitrogen and oxygen atoms in total. The Morgan fingerprint density at radius 2 is 1.94 bits per heavy atom. The van der Waals surface area contributed by atoms with Crippen LogP contribution in [-0.2, 0) is 0 Å². The highest BCUT2D eigenvalue weighted by Crippen LogP contribution is 2.25. The standard InChI is InChI=1S/C12H18N4/c1-9(12(2,3)4)16(5)11-8-14-10(6-13)7-15-11/h7-9H,1-5H3. The fourth-order valence-electron chi connectivity index (χ4n) is 1.34. The van der Waals surface area contributed by atoms with E-state index >= 15 is 0 Å². The van der Waals surface area contributed by atoms with Crippen molar-refractivity contribution in [1.29, 1.82) is 5.26 Å². The van der Waals surface area contributed by atoms with Gasteiger partial charge in [-0.25, -0.2) is 9.97 Å². The van der Waals surface area contributed by atoms with E-state index < -0.39 is 0 Å². The van der Waals surface area contributed by atoms with Crippen LogP contribution in [0.5, 0.6) is 0 Å². The summed E-state index contributed by atoms with van der Waals surface area (Å²) in [5.74, 6) is 0.793. The van der Waals surface area contributed by atoms with Crippen molar-refractivity contribution in [3.63, 3.8) is 0 Å². The Balaban J connectivity index is 2.89. The lowest BCUT2D eigenvalue weighted by Gasteiger charge is -2.35. The second kappa shape index (κ2) is 4.48. The lowest BCUT2D eigenvalue weighted by Crippen LogP contribution is -2.39. The van der Waals surface area contributed by atoms with Gasteiger partial charge in [0, 0.05) is 13.1 Å². The Morgan fingerprint density at radius 1 is 1.31 bits per heavy atom. The first-order valence-corrected chi connectivity index (χ1v) is 5.31. The van der Waals surface area contributed by atoms with Crippen molar-refractivity contribution < 1.29 is 0 Å². The first-order chi connectivity index (χ1) is 7.36. The lowest BCUT2D eigenvalue weighted by molar-refractivity contribution is 0.328. The van der Waals surface area contributed by atoms with Crippen molar-refractivity contribution >= 4 is 5.82 Å². The van der Waals surface area contributed by atoms with Gasteiger partial charge < -0.3 is 4.90 Å². The number of hydrogen-bond acceptors (Lipinski definition) is 4. The van der Waals surface area contributed by atoms with Crippen LogP contribution in [0.15, 0.2) is 12.4 Å². The molecule has 1 unspecified atom stereocenters. The zero-order valence-corrected chi connectivity index (χ0v) is 10.5. The largest absolute Gasteiger partial charge is 0.355 e. The molecule has 0 bridgehead atoms. The highest BCUT2D eigenvalue weighted by molar-refractivity contribution is 5.37. The molecule has 1 aromatic heterocycles. The maximum atomic E-state index is 8.64. The third kappa shape index (κ3) is 2.69. The van der Waals surface area contributed by atoms with E-state index in [1.807, 2.05) is 13.1 Å². The van der Waals surface area contributed by atoms with Crippen molar-refractivity contribution in [2.45, 2.75) is 33.7 Å². The van der Waals surface area contributed by atoms with E-state index in [1.165, 1.54) is 6.20 Å². The molecule has 0 aliphatic carbocycles. The molecule has 16 heavy (non-hydrogen) atoms. The normalized spacial score (nSPS) is 13.0. The lowest BCUT2D eigenvalue weighted by atomic mass is 9.87. The van der Waals surface area contributed by atoms with Gasteiger partial charge in [0.05, 0.1) is 12.4 Å². The van der Waals surface area contributed by atoms with Crippen LogP contribution in [0.3, 0.4) is 0 Å². The number of aromatic nitrogens is 2. The van der Waals surface area contributed by atoms with Crippen LogP contribution in [0, 0.1) is 16.7 Å². The van der Waals surface area contributed by atoms with Crippen LogP contribution in [0.25, 0.3) is 0 Å². The predicted molar refractivity (Wildman–Crippen MR) is 64.1 cm³/mol. The molecule has 1 heterocycles. The molecule has 1 rings (SSSR count). The molecule has 1 aromatic rings. The quantitative estimate of drug-likeness (QED) is 0.763. The minimum Gasteiger partial charge on any atom is -0.355 e. The summed E-state index contributed by atoms with van der Waals surface area (Å²) in [6.45, 7) is 8.71. The molecule has 0 radical (unpaired) electrons. The van der Waals surface area contributed by atoms with Gasteiger partial charge in [0.1, 0.15) is 11.9 Å². The topological polar surface area (TPSA) is 52.8 Å². The van der Waals surface area contributed by atoms with Gasteiger partial charge in [-0.3, -0.25) is 0 Å². The Kier molecular flexibility index (Phi) is 3.48. The molecular formula is C12H18N4. The van der Waals surface area contributed by atoms with Crippen LogP contribution in [-0.4, -0.2) is 23.1 Å². The minimum absolute atomic E-state index is 0.171. The summed E-state index contributed by atoms with van der Waals surface area (Å²) in [4.78, 5) is 10.3. The fraction of sp³-hybridized carbons (Fsp3) is 0.583. The Hall–Kier alpha value is -1.63. The van der Waals surface area contributed by atoms with Gasteiger partial charge in [0.2, 0.25) is 0 Å². The summed E-state index contributed by atoms with van der Waals surface area (Å²) >= 11 is 0. The predicted octanol–water partition coefficient (Wildman–Crippen LogP) is 2.22. The smallest absolute Gasteiger partial charge is 0.158 e. The molecule has 0 spiro atoms. The van der Waals surface area contributed by atoms with Crippen molar-refractivity contribution in [3.8, 4) is 6.07 Å². The Bertz CT molecular complexity index is 383. The summed E-state index contributed by atoms with van der Waals surface area (Å²) in [7, 11) is 1.99. The van der Waals surface area contributed by atoms with Crippen LogP contribution < -0.4 is 4.90 Å². The third-order valence-corrected chi connectivity index (χ3v) is 2.95. The number of hydrogen-bond donors (Lipinski definition) is 0. The molecule has 0 saturated carbocycles. The summed E-state index contributed by atoms with van der Waals surface area (Å²) in [6, 6.07) is 2.30. The number of rotatable bonds is 2.